The average molecular weight is 303 g/mol. The highest BCUT2D eigenvalue weighted by Gasteiger charge is 2.35. The van der Waals surface area contributed by atoms with E-state index in [4.69, 9.17) is 5.11 Å². The lowest BCUT2D eigenvalue weighted by molar-refractivity contribution is -0.138. The van der Waals surface area contributed by atoms with Crippen LogP contribution < -0.4 is 5.32 Å². The topological polar surface area (TPSA) is 49.3 Å². The van der Waals surface area contributed by atoms with Crippen LogP contribution in [0, 0.1) is 11.3 Å². The molecular formula is C15H20F3NO2. The Kier molecular flexibility index (Phi) is 4.91. The first-order valence-electron chi connectivity index (χ1n) is 6.63. The minimum absolute atomic E-state index is 0.0634. The zero-order valence-electron chi connectivity index (χ0n) is 12.5. The van der Waals surface area contributed by atoms with Crippen LogP contribution in [0.15, 0.2) is 18.2 Å². The fourth-order valence-corrected chi connectivity index (χ4v) is 1.61. The number of carboxylic acid groups (broad SMARTS) is 1. The molecule has 0 unspecified atom stereocenters. The van der Waals surface area contributed by atoms with E-state index in [1.807, 2.05) is 13.8 Å². The number of nitrogens with one attached hydrogen (secondary N) is 1. The maximum absolute atomic E-state index is 12.7. The predicted octanol–water partition coefficient (Wildman–Crippen LogP) is 4.50. The van der Waals surface area contributed by atoms with Crippen LogP contribution in [-0.2, 0) is 6.18 Å². The number of carboxylic acids is 1. The molecular weight excluding hydrogens is 283 g/mol. The molecule has 118 valence electrons. The molecule has 0 atom stereocenters. The van der Waals surface area contributed by atoms with E-state index in [0.717, 1.165) is 12.1 Å². The highest BCUT2D eigenvalue weighted by molar-refractivity contribution is 5.91. The summed E-state index contributed by atoms with van der Waals surface area (Å²) in [4.78, 5) is 11.0. The number of hydrogen-bond acceptors (Lipinski definition) is 2. The lowest BCUT2D eigenvalue weighted by atomic mass is 9.81. The van der Waals surface area contributed by atoms with Crippen molar-refractivity contribution in [2.75, 3.05) is 11.9 Å². The maximum Gasteiger partial charge on any atom is 0.417 e. The molecule has 0 aliphatic heterocycles. The molecule has 6 heteroatoms. The molecule has 0 aliphatic carbocycles. The van der Waals surface area contributed by atoms with Gasteiger partial charge in [-0.15, -0.1) is 0 Å². The van der Waals surface area contributed by atoms with Gasteiger partial charge in [-0.1, -0.05) is 27.7 Å². The molecule has 0 aliphatic rings. The van der Waals surface area contributed by atoms with Crippen molar-refractivity contribution < 1.29 is 23.1 Å². The van der Waals surface area contributed by atoms with E-state index >= 15 is 0 Å². The van der Waals surface area contributed by atoms with E-state index in [1.54, 1.807) is 0 Å². The van der Waals surface area contributed by atoms with Crippen molar-refractivity contribution in [3.8, 4) is 0 Å². The van der Waals surface area contributed by atoms with Crippen LogP contribution in [0.25, 0.3) is 0 Å². The third-order valence-corrected chi connectivity index (χ3v) is 3.87. The molecule has 1 aromatic carbocycles. The van der Waals surface area contributed by atoms with Crippen LogP contribution in [0.4, 0.5) is 18.9 Å². The summed E-state index contributed by atoms with van der Waals surface area (Å²) < 4.78 is 38.2. The molecule has 0 aromatic heterocycles. The maximum atomic E-state index is 12.7. The third kappa shape index (κ3) is 4.37. The van der Waals surface area contributed by atoms with Crippen LogP contribution >= 0.6 is 0 Å². The van der Waals surface area contributed by atoms with Crippen molar-refractivity contribution in [1.82, 2.24) is 0 Å². The van der Waals surface area contributed by atoms with Gasteiger partial charge in [-0.25, -0.2) is 4.79 Å². The van der Waals surface area contributed by atoms with E-state index in [0.29, 0.717) is 18.2 Å². The van der Waals surface area contributed by atoms with Crippen molar-refractivity contribution in [2.45, 2.75) is 33.9 Å². The lowest BCUT2D eigenvalue weighted by Crippen LogP contribution is -2.28. The Morgan fingerprint density at radius 1 is 1.29 bits per heavy atom. The van der Waals surface area contributed by atoms with Gasteiger partial charge in [0.2, 0.25) is 0 Å². The van der Waals surface area contributed by atoms with Crippen molar-refractivity contribution >= 4 is 11.7 Å². The Hall–Kier alpha value is -1.72. The van der Waals surface area contributed by atoms with Gasteiger partial charge < -0.3 is 10.4 Å². The van der Waals surface area contributed by atoms with E-state index in [9.17, 15) is 18.0 Å². The average Bonchev–Trinajstić information content (AvgIpc) is 2.34. The summed E-state index contributed by atoms with van der Waals surface area (Å²) in [6, 6.07) is 3.08. The van der Waals surface area contributed by atoms with Crippen LogP contribution in [-0.4, -0.2) is 17.6 Å². The third-order valence-electron chi connectivity index (χ3n) is 3.87. The molecule has 0 heterocycles. The van der Waals surface area contributed by atoms with Crippen molar-refractivity contribution in [2.24, 2.45) is 11.3 Å². The molecule has 2 N–H and O–H groups in total. The molecule has 0 saturated carbocycles. The second-order valence-electron chi connectivity index (χ2n) is 6.06. The smallest absolute Gasteiger partial charge is 0.417 e. The fraction of sp³-hybridized carbons (Fsp3) is 0.533. The van der Waals surface area contributed by atoms with Crippen LogP contribution in [0.2, 0.25) is 0 Å². The van der Waals surface area contributed by atoms with E-state index < -0.39 is 23.3 Å². The van der Waals surface area contributed by atoms with E-state index in [2.05, 4.69) is 19.2 Å². The Balaban J connectivity index is 3.03. The lowest BCUT2D eigenvalue weighted by Gasteiger charge is -2.30. The normalized spacial score (nSPS) is 12.6. The van der Waals surface area contributed by atoms with Crippen LogP contribution in [0.5, 0.6) is 0 Å². The van der Waals surface area contributed by atoms with Gasteiger partial charge in [0.25, 0.3) is 0 Å². The second-order valence-corrected chi connectivity index (χ2v) is 6.06. The summed E-state index contributed by atoms with van der Waals surface area (Å²) in [5.41, 5.74) is -1.57. The van der Waals surface area contributed by atoms with Gasteiger partial charge in [-0.3, -0.25) is 0 Å². The van der Waals surface area contributed by atoms with Gasteiger partial charge in [-0.2, -0.15) is 13.2 Å². The second kappa shape index (κ2) is 5.95. The molecule has 0 amide bonds. The minimum Gasteiger partial charge on any atom is -0.478 e. The number of aromatic carboxylic acids is 1. The first-order chi connectivity index (χ1) is 9.45. The summed E-state index contributed by atoms with van der Waals surface area (Å²) >= 11 is 0. The van der Waals surface area contributed by atoms with Gasteiger partial charge in [-0.05, 0) is 29.5 Å². The van der Waals surface area contributed by atoms with Crippen molar-refractivity contribution in [3.63, 3.8) is 0 Å². The standard InChI is InChI=1S/C15H20F3NO2/c1-9(2)14(3,4)8-19-10-5-6-12(15(16,17)18)11(7-10)13(20)21/h5-7,9,19H,8H2,1-4H3,(H,20,21). The number of anilines is 1. The molecule has 3 nitrogen and oxygen atoms in total. The molecule has 21 heavy (non-hydrogen) atoms. The summed E-state index contributed by atoms with van der Waals surface area (Å²) in [5.74, 6) is -1.22. The highest BCUT2D eigenvalue weighted by Crippen LogP contribution is 2.34. The molecule has 1 aromatic rings. The Morgan fingerprint density at radius 3 is 2.29 bits per heavy atom. The molecule has 1 rings (SSSR count). The van der Waals surface area contributed by atoms with Gasteiger partial charge >= 0.3 is 12.1 Å². The van der Waals surface area contributed by atoms with Crippen LogP contribution in [0.1, 0.15) is 43.6 Å². The zero-order chi connectivity index (χ0) is 16.4. The number of rotatable bonds is 5. The number of carbonyl (C=O) groups is 1. The van der Waals surface area contributed by atoms with Crippen molar-refractivity contribution in [3.05, 3.63) is 29.3 Å². The minimum atomic E-state index is -4.68. The Morgan fingerprint density at radius 2 is 1.86 bits per heavy atom. The summed E-state index contributed by atoms with van der Waals surface area (Å²) in [6.07, 6.45) is -4.68. The van der Waals surface area contributed by atoms with Gasteiger partial charge in [0, 0.05) is 12.2 Å². The Labute approximate surface area is 122 Å². The van der Waals surface area contributed by atoms with E-state index in [-0.39, 0.29) is 5.41 Å². The first-order valence-corrected chi connectivity index (χ1v) is 6.63. The number of halogens is 3. The van der Waals surface area contributed by atoms with Gasteiger partial charge in [0.05, 0.1) is 11.1 Å². The highest BCUT2D eigenvalue weighted by atomic mass is 19.4. The molecule has 0 saturated heterocycles. The predicted molar refractivity (Wildman–Crippen MR) is 75.5 cm³/mol. The van der Waals surface area contributed by atoms with Crippen molar-refractivity contribution in [1.29, 1.82) is 0 Å². The summed E-state index contributed by atoms with van der Waals surface area (Å²) in [6.45, 7) is 8.71. The largest absolute Gasteiger partial charge is 0.478 e. The molecule has 0 fully saturated rings. The van der Waals surface area contributed by atoms with Gasteiger partial charge in [0.15, 0.2) is 0 Å². The summed E-state index contributed by atoms with van der Waals surface area (Å²) in [5, 5.41) is 12.0. The monoisotopic (exact) mass is 303 g/mol. The molecule has 0 spiro atoms. The Bertz CT molecular complexity index is 522. The molecule has 0 radical (unpaired) electrons. The first kappa shape index (κ1) is 17.3. The number of alkyl halides is 3. The van der Waals surface area contributed by atoms with Crippen LogP contribution in [0.3, 0.4) is 0 Å². The number of benzene rings is 1. The van der Waals surface area contributed by atoms with Gasteiger partial charge in [0.1, 0.15) is 0 Å². The quantitative estimate of drug-likeness (QED) is 0.842. The zero-order valence-corrected chi connectivity index (χ0v) is 12.5. The molecule has 0 bridgehead atoms. The fourth-order valence-electron chi connectivity index (χ4n) is 1.61. The summed E-state index contributed by atoms with van der Waals surface area (Å²) in [7, 11) is 0. The van der Waals surface area contributed by atoms with E-state index in [1.165, 1.54) is 6.07 Å². The number of hydrogen-bond donors (Lipinski definition) is 2. The SMILES string of the molecule is CC(C)C(C)(C)CNc1ccc(C(F)(F)F)c(C(=O)O)c1.